The van der Waals surface area contributed by atoms with Gasteiger partial charge < -0.3 is 29.0 Å². The summed E-state index contributed by atoms with van der Waals surface area (Å²) in [4.78, 5) is 39.5. The third kappa shape index (κ3) is 10.5. The summed E-state index contributed by atoms with van der Waals surface area (Å²) >= 11 is 6.47. The molecule has 1 amide bonds. The van der Waals surface area contributed by atoms with E-state index in [1.807, 2.05) is 0 Å². The van der Waals surface area contributed by atoms with Crippen LogP contribution in [0.1, 0.15) is 14.1 Å². The molecule has 2 heterocycles. The van der Waals surface area contributed by atoms with Crippen LogP contribution in [0.2, 0.25) is 5.02 Å². The molecule has 5 aromatic rings. The van der Waals surface area contributed by atoms with Gasteiger partial charge in [-0.1, -0.05) is 23.7 Å². The van der Waals surface area contributed by atoms with Crippen LogP contribution in [0.5, 0.6) is 5.75 Å². The Morgan fingerprint density at radius 2 is 1.94 bits per heavy atom. The number of hydrogen-bond acceptors (Lipinski definition) is 11. The van der Waals surface area contributed by atoms with Crippen molar-refractivity contribution in [3.05, 3.63) is 101 Å². The van der Waals surface area contributed by atoms with Gasteiger partial charge in [-0.05, 0) is 66.2 Å². The number of fused-ring (bicyclic) bond motifs is 1. The quantitative estimate of drug-likeness (QED) is 0.0882. The Labute approximate surface area is 287 Å². The first-order chi connectivity index (χ1) is 24.0. The number of nitrogens with one attached hydrogen (secondary N) is 1. The molecule has 3 aromatic carbocycles. The summed E-state index contributed by atoms with van der Waals surface area (Å²) in [6, 6.07) is 19.2. The van der Waals surface area contributed by atoms with Crippen molar-refractivity contribution in [1.82, 2.24) is 14.9 Å². The molecule has 0 spiro atoms. The molecule has 0 aliphatic heterocycles. The first-order valence-electron chi connectivity index (χ1n) is 15.1. The fraction of sp³-hybridized carbons (Fsp3) is 0.194. The van der Waals surface area contributed by atoms with E-state index in [1.165, 1.54) is 24.5 Å². The van der Waals surface area contributed by atoms with Gasteiger partial charge in [0.25, 0.3) is 0 Å². The van der Waals surface area contributed by atoms with E-state index in [0.717, 1.165) is 6.26 Å². The Morgan fingerprint density at radius 3 is 2.67 bits per heavy atom. The molecule has 5 rings (SSSR count). The fourth-order valence-electron chi connectivity index (χ4n) is 4.31. The third-order valence-electron chi connectivity index (χ3n) is 6.51. The molecule has 49 heavy (non-hydrogen) atoms. The van der Waals surface area contributed by atoms with E-state index in [4.69, 9.17) is 33.3 Å². The number of halogens is 2. The molecule has 0 saturated carbocycles. The van der Waals surface area contributed by atoms with E-state index >= 15 is 0 Å². The maximum atomic E-state index is 13.5. The van der Waals surface area contributed by atoms with Gasteiger partial charge in [-0.3, -0.25) is 4.90 Å². The van der Waals surface area contributed by atoms with Gasteiger partial charge in [0, 0.05) is 29.4 Å². The van der Waals surface area contributed by atoms with Crippen LogP contribution in [0, 0.1) is 5.82 Å². The Hall–Kier alpha value is -4.57. The number of carbonyl (C=O) groups excluding carboxylic acids is 1. The molecule has 258 valence electrons. The highest BCUT2D eigenvalue weighted by Crippen LogP contribution is 2.36. The number of phosphoric ester groups is 1. The number of benzene rings is 3. The second-order valence-corrected chi connectivity index (χ2v) is 14.2. The summed E-state index contributed by atoms with van der Waals surface area (Å²) in [5, 5.41) is 4.08. The second kappa shape index (κ2) is 15.3. The molecule has 14 nitrogen and oxygen atoms in total. The van der Waals surface area contributed by atoms with Crippen LogP contribution in [0.4, 0.5) is 20.7 Å². The average Bonchev–Trinajstić information content (AvgIpc) is 3.50. The molecular weight excluding hydrogens is 706 g/mol. The van der Waals surface area contributed by atoms with Crippen LogP contribution in [-0.2, 0) is 36.8 Å². The minimum Gasteiger partial charge on any atom is -0.487 e. The van der Waals surface area contributed by atoms with Crippen molar-refractivity contribution in [3.8, 4) is 17.1 Å². The van der Waals surface area contributed by atoms with E-state index in [9.17, 15) is 22.2 Å². The van der Waals surface area contributed by atoms with Gasteiger partial charge in [0.15, 0.2) is 0 Å². The average molecular weight is 737 g/mol. The Kier molecular flexibility index (Phi) is 10.3. The Bertz CT molecular complexity index is 2220. The highest BCUT2D eigenvalue weighted by molar-refractivity contribution is 7.90. The summed E-state index contributed by atoms with van der Waals surface area (Å²) in [5.74, 6) is -0.378. The number of furan rings is 1. The van der Waals surface area contributed by atoms with Gasteiger partial charge in [0.1, 0.15) is 51.7 Å². The maximum Gasteiger partial charge on any atom is 0.472 e. The SMILES string of the molecule is [2H]C([2H])(CS(C)(=O)=O)N(Cc1ccc(-c2ccc3ncnc(Nc4ccc(OCc5cccc(F)c5)c(Cl)c4)c3c2)o1)C(=O)OCOP(=O)(O)O. The maximum absolute atomic E-state index is 13.5. The number of ether oxygens (including phenoxy) is 2. The summed E-state index contributed by atoms with van der Waals surface area (Å²) in [6.45, 7) is -4.56. The lowest BCUT2D eigenvalue weighted by Crippen LogP contribution is -2.35. The van der Waals surface area contributed by atoms with Crippen molar-refractivity contribution in [2.75, 3.05) is 30.6 Å². The van der Waals surface area contributed by atoms with Crippen molar-refractivity contribution < 1.29 is 53.1 Å². The minimum absolute atomic E-state index is 0.0207. The predicted octanol–water partition coefficient (Wildman–Crippen LogP) is 6.05. The smallest absolute Gasteiger partial charge is 0.472 e. The van der Waals surface area contributed by atoms with Gasteiger partial charge in [-0.25, -0.2) is 36.7 Å². The van der Waals surface area contributed by atoms with Crippen LogP contribution in [0.25, 0.3) is 22.2 Å². The Balaban J connectivity index is 1.34. The zero-order valence-electron chi connectivity index (χ0n) is 27.4. The van der Waals surface area contributed by atoms with Crippen molar-refractivity contribution in [2.45, 2.75) is 13.2 Å². The fourth-order valence-corrected chi connectivity index (χ4v) is 5.12. The van der Waals surface area contributed by atoms with Crippen molar-refractivity contribution in [1.29, 1.82) is 0 Å². The summed E-state index contributed by atoms with van der Waals surface area (Å²) in [6.07, 6.45) is 0.689. The molecule has 0 saturated heterocycles. The normalized spacial score (nSPS) is 12.7. The number of sulfone groups is 1. The van der Waals surface area contributed by atoms with Gasteiger partial charge in [-0.2, -0.15) is 0 Å². The van der Waals surface area contributed by atoms with Crippen molar-refractivity contribution in [2.24, 2.45) is 0 Å². The number of nitrogens with zero attached hydrogens (tertiary/aromatic N) is 3. The van der Waals surface area contributed by atoms with Crippen LogP contribution < -0.4 is 10.1 Å². The van der Waals surface area contributed by atoms with Gasteiger partial charge in [0.2, 0.25) is 6.79 Å². The van der Waals surface area contributed by atoms with Gasteiger partial charge in [0.05, 0.1) is 25.6 Å². The van der Waals surface area contributed by atoms with E-state index < -0.39 is 49.3 Å². The third-order valence-corrected chi connectivity index (χ3v) is 7.91. The largest absolute Gasteiger partial charge is 0.487 e. The second-order valence-electron chi connectivity index (χ2n) is 10.4. The molecule has 0 bridgehead atoms. The van der Waals surface area contributed by atoms with Crippen LogP contribution in [0.3, 0.4) is 0 Å². The first kappa shape index (κ1) is 33.0. The monoisotopic (exact) mass is 736 g/mol. The lowest BCUT2D eigenvalue weighted by Gasteiger charge is -2.20. The van der Waals surface area contributed by atoms with Crippen LogP contribution >= 0.6 is 19.4 Å². The van der Waals surface area contributed by atoms with Gasteiger partial charge in [-0.15, -0.1) is 0 Å². The Morgan fingerprint density at radius 1 is 1.12 bits per heavy atom. The molecule has 0 aliphatic carbocycles. The van der Waals surface area contributed by atoms with E-state index in [-0.39, 0.29) is 23.9 Å². The van der Waals surface area contributed by atoms with E-state index in [0.29, 0.717) is 49.2 Å². The number of aromatic nitrogens is 2. The first-order valence-corrected chi connectivity index (χ1v) is 18.0. The lowest BCUT2D eigenvalue weighted by molar-refractivity contribution is 0.0191. The zero-order valence-corrected chi connectivity index (χ0v) is 27.9. The molecule has 18 heteroatoms. The number of anilines is 2. The van der Waals surface area contributed by atoms with Gasteiger partial charge >= 0.3 is 13.9 Å². The van der Waals surface area contributed by atoms with Crippen molar-refractivity contribution in [3.63, 3.8) is 0 Å². The molecule has 0 radical (unpaired) electrons. The number of rotatable bonds is 14. The molecule has 0 atom stereocenters. The minimum atomic E-state index is -5.02. The van der Waals surface area contributed by atoms with E-state index in [2.05, 4.69) is 24.5 Å². The zero-order chi connectivity index (χ0) is 37.0. The van der Waals surface area contributed by atoms with Crippen molar-refractivity contribution >= 4 is 57.8 Å². The lowest BCUT2D eigenvalue weighted by atomic mass is 10.1. The summed E-state index contributed by atoms with van der Waals surface area (Å²) in [7, 11) is -8.98. The number of phosphoric acid groups is 1. The number of hydrogen-bond donors (Lipinski definition) is 3. The molecule has 3 N–H and O–H groups in total. The standard InChI is InChI=1S/C31H29ClFN4O10PS/c1-49(42,43)12-11-37(31(38)45-19-46-48(39,40)41)16-24-7-10-28(47-24)21-5-8-27-25(14-21)30(35-18-34-27)36-23-6-9-29(26(32)15-23)44-17-20-3-2-4-22(33)13-20/h2-10,13-15,18H,11-12,16-17,19H2,1H3,(H,34,35,36)(H2,39,40,41)/i11D2. The predicted molar refractivity (Wildman–Crippen MR) is 177 cm³/mol. The molecule has 2 aromatic heterocycles. The number of amides is 1. The number of carbonyl (C=O) groups is 1. The highest BCUT2D eigenvalue weighted by atomic mass is 35.5. The van der Waals surface area contributed by atoms with E-state index in [1.54, 1.807) is 54.6 Å². The molecular formula is C31H29ClFN4O10PS. The molecule has 0 fully saturated rings. The summed E-state index contributed by atoms with van der Waals surface area (Å²) < 4.78 is 85.2. The van der Waals surface area contributed by atoms with Crippen LogP contribution in [-0.4, -0.2) is 64.5 Å². The summed E-state index contributed by atoms with van der Waals surface area (Å²) in [5.41, 5.74) is 2.32. The topological polar surface area (TPSA) is 191 Å². The molecule has 0 unspecified atom stereocenters. The highest BCUT2D eigenvalue weighted by Gasteiger charge is 2.22. The van der Waals surface area contributed by atoms with Crippen LogP contribution in [0.15, 0.2) is 83.5 Å². The molecule has 0 aliphatic rings.